The molecule has 3 rings (SSSR count). The molecular formula is C17H20N2O2S. The van der Waals surface area contributed by atoms with Crippen molar-refractivity contribution in [1.29, 1.82) is 0 Å². The first-order valence-corrected chi connectivity index (χ1v) is 8.90. The Hall–Kier alpha value is -2.01. The fraction of sp³-hybridized carbons (Fsp3) is 0.294. The normalized spacial score (nSPS) is 14.2. The number of hydrogen-bond donors (Lipinski definition) is 1. The van der Waals surface area contributed by atoms with Gasteiger partial charge in [-0.05, 0) is 41.7 Å². The van der Waals surface area contributed by atoms with Crippen molar-refractivity contribution in [3.05, 3.63) is 59.7 Å². The van der Waals surface area contributed by atoms with Crippen molar-refractivity contribution in [1.82, 2.24) is 0 Å². The molecule has 1 heterocycles. The van der Waals surface area contributed by atoms with Crippen LogP contribution in [-0.2, 0) is 16.6 Å². The number of nitrogens with zero attached hydrogens (tertiary/aromatic N) is 1. The molecule has 0 atom stereocenters. The first-order valence-electron chi connectivity index (χ1n) is 7.46. The lowest BCUT2D eigenvalue weighted by molar-refractivity contribution is 0.597. The van der Waals surface area contributed by atoms with Crippen LogP contribution in [0.2, 0.25) is 0 Å². The molecule has 0 bridgehead atoms. The van der Waals surface area contributed by atoms with Crippen LogP contribution in [0, 0.1) is 0 Å². The number of benzene rings is 2. The van der Waals surface area contributed by atoms with E-state index in [1.54, 1.807) is 0 Å². The fourth-order valence-corrected chi connectivity index (χ4v) is 4.01. The summed E-state index contributed by atoms with van der Waals surface area (Å²) in [7, 11) is -3.58. The van der Waals surface area contributed by atoms with Crippen LogP contribution < -0.4 is 9.03 Å². The van der Waals surface area contributed by atoms with Gasteiger partial charge < -0.3 is 0 Å². The Bertz CT molecular complexity index is 768. The van der Waals surface area contributed by atoms with Gasteiger partial charge in [-0.1, -0.05) is 44.2 Å². The zero-order valence-electron chi connectivity index (χ0n) is 12.8. The Balaban J connectivity index is 1.83. The van der Waals surface area contributed by atoms with Gasteiger partial charge in [0, 0.05) is 6.54 Å². The summed E-state index contributed by atoms with van der Waals surface area (Å²) in [4.78, 5) is 0. The third-order valence-corrected chi connectivity index (χ3v) is 5.41. The summed E-state index contributed by atoms with van der Waals surface area (Å²) in [6.45, 7) is 4.71. The lowest BCUT2D eigenvalue weighted by Crippen LogP contribution is -2.34. The summed E-state index contributed by atoms with van der Waals surface area (Å²) in [5.74, 6) is 0.427. The number of nitrogens with one attached hydrogen (secondary N) is 1. The van der Waals surface area contributed by atoms with Crippen molar-refractivity contribution in [3.63, 3.8) is 0 Å². The largest absolute Gasteiger partial charge is 0.323 e. The Morgan fingerprint density at radius 1 is 1.05 bits per heavy atom. The highest BCUT2D eigenvalue weighted by Crippen LogP contribution is 2.30. The third-order valence-electron chi connectivity index (χ3n) is 3.96. The van der Waals surface area contributed by atoms with E-state index < -0.39 is 10.2 Å². The molecule has 0 unspecified atom stereocenters. The smallest absolute Gasteiger partial charge is 0.267 e. The molecular weight excluding hydrogens is 296 g/mol. The van der Waals surface area contributed by atoms with Crippen LogP contribution >= 0.6 is 0 Å². The topological polar surface area (TPSA) is 49.4 Å². The maximum atomic E-state index is 12.6. The predicted molar refractivity (Wildman–Crippen MR) is 90.6 cm³/mol. The molecule has 1 N–H and O–H groups in total. The van der Waals surface area contributed by atoms with Crippen LogP contribution in [0.4, 0.5) is 11.4 Å². The zero-order valence-corrected chi connectivity index (χ0v) is 13.6. The van der Waals surface area contributed by atoms with Crippen LogP contribution in [0.15, 0.2) is 48.5 Å². The summed E-state index contributed by atoms with van der Waals surface area (Å²) in [6, 6.07) is 15.2. The van der Waals surface area contributed by atoms with Crippen molar-refractivity contribution in [2.24, 2.45) is 0 Å². The van der Waals surface area contributed by atoms with E-state index >= 15 is 0 Å². The monoisotopic (exact) mass is 316 g/mol. The minimum atomic E-state index is -3.58. The highest BCUT2D eigenvalue weighted by molar-refractivity contribution is 7.94. The Kier molecular flexibility index (Phi) is 3.83. The molecule has 5 heteroatoms. The van der Waals surface area contributed by atoms with Crippen molar-refractivity contribution in [3.8, 4) is 0 Å². The molecule has 4 nitrogen and oxygen atoms in total. The highest BCUT2D eigenvalue weighted by Gasteiger charge is 2.28. The van der Waals surface area contributed by atoms with Gasteiger partial charge in [-0.25, -0.2) is 0 Å². The van der Waals surface area contributed by atoms with Gasteiger partial charge >= 0.3 is 10.2 Å². The molecule has 1 aliphatic heterocycles. The SMILES string of the molecule is CC(C)c1ccc(NS(=O)(=O)N2CCc3ccccc32)cc1. The molecule has 0 aliphatic carbocycles. The zero-order chi connectivity index (χ0) is 15.7. The standard InChI is InChI=1S/C17H20N2O2S/c1-13(2)14-7-9-16(10-8-14)18-22(20,21)19-12-11-15-5-3-4-6-17(15)19/h3-10,13,18H,11-12H2,1-2H3. The van der Waals surface area contributed by atoms with Crippen LogP contribution in [0.1, 0.15) is 30.9 Å². The minimum Gasteiger partial charge on any atom is -0.267 e. The van der Waals surface area contributed by atoms with E-state index in [4.69, 9.17) is 0 Å². The molecule has 22 heavy (non-hydrogen) atoms. The molecule has 1 aliphatic rings. The first kappa shape index (κ1) is 14.9. The fourth-order valence-electron chi connectivity index (χ4n) is 2.70. The molecule has 0 saturated carbocycles. The second-order valence-corrected chi connectivity index (χ2v) is 7.43. The third kappa shape index (κ3) is 2.81. The van der Waals surface area contributed by atoms with Gasteiger partial charge in [-0.15, -0.1) is 0 Å². The van der Waals surface area contributed by atoms with E-state index in [2.05, 4.69) is 18.6 Å². The van der Waals surface area contributed by atoms with Crippen molar-refractivity contribution >= 4 is 21.6 Å². The van der Waals surface area contributed by atoms with Crippen LogP contribution in [0.3, 0.4) is 0 Å². The second kappa shape index (κ2) is 5.65. The van der Waals surface area contributed by atoms with Crippen molar-refractivity contribution in [2.75, 3.05) is 15.6 Å². The number of fused-ring (bicyclic) bond motifs is 1. The molecule has 0 amide bonds. The molecule has 0 saturated heterocycles. The van der Waals surface area contributed by atoms with Crippen molar-refractivity contribution < 1.29 is 8.42 Å². The molecule has 2 aromatic carbocycles. The van der Waals surface area contributed by atoms with E-state index in [0.717, 1.165) is 17.7 Å². The van der Waals surface area contributed by atoms with Gasteiger partial charge in [0.05, 0.1) is 11.4 Å². The number of anilines is 2. The molecule has 0 spiro atoms. The van der Waals surface area contributed by atoms with Gasteiger partial charge in [-0.2, -0.15) is 8.42 Å². The summed E-state index contributed by atoms with van der Waals surface area (Å²) in [5.41, 5.74) is 3.63. The molecule has 0 aromatic heterocycles. The summed E-state index contributed by atoms with van der Waals surface area (Å²) >= 11 is 0. The Labute approximate surface area is 132 Å². The van der Waals surface area contributed by atoms with Crippen LogP contribution in [-0.4, -0.2) is 15.0 Å². The average molecular weight is 316 g/mol. The molecule has 116 valence electrons. The lowest BCUT2D eigenvalue weighted by Gasteiger charge is -2.20. The quantitative estimate of drug-likeness (QED) is 0.938. The lowest BCUT2D eigenvalue weighted by atomic mass is 10.0. The second-order valence-electron chi connectivity index (χ2n) is 5.83. The van der Waals surface area contributed by atoms with E-state index in [9.17, 15) is 8.42 Å². The molecule has 2 aromatic rings. The maximum Gasteiger partial charge on any atom is 0.323 e. The van der Waals surface area contributed by atoms with Crippen LogP contribution in [0.5, 0.6) is 0 Å². The Morgan fingerprint density at radius 3 is 2.41 bits per heavy atom. The first-order chi connectivity index (χ1) is 10.5. The van der Waals surface area contributed by atoms with E-state index in [0.29, 0.717) is 18.2 Å². The summed E-state index contributed by atoms with van der Waals surface area (Å²) < 4.78 is 29.3. The van der Waals surface area contributed by atoms with Crippen LogP contribution in [0.25, 0.3) is 0 Å². The predicted octanol–water partition coefficient (Wildman–Crippen LogP) is 3.53. The van der Waals surface area contributed by atoms with Crippen molar-refractivity contribution in [2.45, 2.75) is 26.2 Å². The van der Waals surface area contributed by atoms with Gasteiger partial charge in [0.15, 0.2) is 0 Å². The minimum absolute atomic E-state index is 0.427. The average Bonchev–Trinajstić information content (AvgIpc) is 2.92. The van der Waals surface area contributed by atoms with E-state index in [1.165, 1.54) is 9.87 Å². The number of para-hydroxylation sites is 1. The molecule has 0 fully saturated rings. The Morgan fingerprint density at radius 2 is 1.73 bits per heavy atom. The number of hydrogen-bond acceptors (Lipinski definition) is 2. The van der Waals surface area contributed by atoms with Gasteiger partial charge in [0.25, 0.3) is 0 Å². The molecule has 0 radical (unpaired) electrons. The number of rotatable bonds is 4. The van der Waals surface area contributed by atoms with Gasteiger partial charge in [-0.3, -0.25) is 9.03 Å². The van der Waals surface area contributed by atoms with E-state index in [1.807, 2.05) is 48.5 Å². The highest BCUT2D eigenvalue weighted by atomic mass is 32.2. The van der Waals surface area contributed by atoms with Gasteiger partial charge in [0.2, 0.25) is 0 Å². The summed E-state index contributed by atoms with van der Waals surface area (Å²) in [6.07, 6.45) is 0.753. The maximum absolute atomic E-state index is 12.6. The van der Waals surface area contributed by atoms with E-state index in [-0.39, 0.29) is 0 Å². The van der Waals surface area contributed by atoms with Gasteiger partial charge in [0.1, 0.15) is 0 Å². The summed E-state index contributed by atoms with van der Waals surface area (Å²) in [5, 5.41) is 0.